The Labute approximate surface area is 150 Å². The highest BCUT2D eigenvalue weighted by Crippen LogP contribution is 2.18. The Morgan fingerprint density at radius 1 is 1.24 bits per heavy atom. The third kappa shape index (κ3) is 5.28. The zero-order valence-corrected chi connectivity index (χ0v) is 15.4. The molecule has 2 aliphatic rings. The number of aromatic nitrogens is 1. The van der Waals surface area contributed by atoms with Gasteiger partial charge in [-0.25, -0.2) is 4.98 Å². The highest BCUT2D eigenvalue weighted by Gasteiger charge is 2.28. The van der Waals surface area contributed by atoms with Gasteiger partial charge in [0.05, 0.1) is 0 Å². The summed E-state index contributed by atoms with van der Waals surface area (Å²) in [5.74, 6) is 0.541. The number of carbonyl (C=O) groups excluding carboxylic acids is 1. The molecular weight excluding hydrogens is 318 g/mol. The fourth-order valence-electron chi connectivity index (χ4n) is 3.88. The minimum absolute atomic E-state index is 0.000355. The summed E-state index contributed by atoms with van der Waals surface area (Å²) in [7, 11) is 0. The molecule has 2 saturated heterocycles. The van der Waals surface area contributed by atoms with Gasteiger partial charge >= 0.3 is 0 Å². The predicted molar refractivity (Wildman–Crippen MR) is 95.6 cm³/mol. The summed E-state index contributed by atoms with van der Waals surface area (Å²) in [4.78, 5) is 21.7. The highest BCUT2D eigenvalue weighted by atomic mass is 16.5. The van der Waals surface area contributed by atoms with Gasteiger partial charge in [0, 0.05) is 32.7 Å². The quantitative estimate of drug-likeness (QED) is 0.790. The van der Waals surface area contributed by atoms with E-state index < -0.39 is 0 Å². The molecule has 3 rings (SSSR count). The average Bonchev–Trinajstić information content (AvgIpc) is 2.91. The molecule has 0 aromatic carbocycles. The molecule has 6 nitrogen and oxygen atoms in total. The van der Waals surface area contributed by atoms with Gasteiger partial charge in [-0.05, 0) is 51.7 Å². The number of likely N-dealkylation sites (tertiary alicyclic amines) is 1. The van der Waals surface area contributed by atoms with Gasteiger partial charge in [0.25, 0.3) is 5.91 Å². The summed E-state index contributed by atoms with van der Waals surface area (Å²) in [6, 6.07) is 0.252. The zero-order valence-electron chi connectivity index (χ0n) is 15.4. The van der Waals surface area contributed by atoms with Crippen molar-refractivity contribution in [3.8, 4) is 0 Å². The predicted octanol–water partition coefficient (Wildman–Crippen LogP) is 2.87. The molecule has 25 heavy (non-hydrogen) atoms. The molecule has 2 fully saturated rings. The van der Waals surface area contributed by atoms with Crippen LogP contribution >= 0.6 is 0 Å². The second-order valence-electron chi connectivity index (χ2n) is 7.20. The number of ether oxygens (including phenoxy) is 1. The van der Waals surface area contributed by atoms with E-state index in [4.69, 9.17) is 9.15 Å². The Morgan fingerprint density at radius 2 is 1.96 bits per heavy atom. The van der Waals surface area contributed by atoms with Gasteiger partial charge in [-0.2, -0.15) is 0 Å². The van der Waals surface area contributed by atoms with E-state index in [-0.39, 0.29) is 11.9 Å². The number of aryl methyl sites for hydroxylation is 1. The van der Waals surface area contributed by atoms with E-state index in [0.717, 1.165) is 45.6 Å². The molecule has 0 N–H and O–H groups in total. The molecule has 0 bridgehead atoms. The summed E-state index contributed by atoms with van der Waals surface area (Å²) in [6.07, 6.45) is 9.64. The fraction of sp³-hybridized carbons (Fsp3) is 0.789. The molecule has 1 aromatic heterocycles. The van der Waals surface area contributed by atoms with Crippen LogP contribution in [-0.4, -0.2) is 66.1 Å². The van der Waals surface area contributed by atoms with Gasteiger partial charge in [0.15, 0.2) is 11.6 Å². The average molecular weight is 349 g/mol. The first kappa shape index (κ1) is 18.4. The molecule has 2 aliphatic heterocycles. The van der Waals surface area contributed by atoms with Gasteiger partial charge in [0.1, 0.15) is 6.26 Å². The van der Waals surface area contributed by atoms with Crippen LogP contribution in [0.2, 0.25) is 0 Å². The lowest BCUT2D eigenvalue weighted by molar-refractivity contribution is 0.0277. The number of hydrogen-bond donors (Lipinski definition) is 0. The highest BCUT2D eigenvalue weighted by molar-refractivity contribution is 5.92. The number of oxazole rings is 1. The van der Waals surface area contributed by atoms with Gasteiger partial charge in [0.2, 0.25) is 0 Å². The first-order valence-corrected chi connectivity index (χ1v) is 9.77. The second kappa shape index (κ2) is 9.34. The van der Waals surface area contributed by atoms with Crippen molar-refractivity contribution in [2.75, 3.05) is 39.4 Å². The van der Waals surface area contributed by atoms with Crippen LogP contribution in [0.5, 0.6) is 0 Å². The van der Waals surface area contributed by atoms with Crippen molar-refractivity contribution in [2.45, 2.75) is 57.9 Å². The summed E-state index contributed by atoms with van der Waals surface area (Å²) < 4.78 is 10.7. The van der Waals surface area contributed by atoms with Crippen molar-refractivity contribution < 1.29 is 13.9 Å². The number of hydrogen-bond acceptors (Lipinski definition) is 5. The summed E-state index contributed by atoms with van der Waals surface area (Å²) in [5, 5.41) is 0. The van der Waals surface area contributed by atoms with E-state index >= 15 is 0 Å². The molecule has 0 atom stereocenters. The van der Waals surface area contributed by atoms with E-state index in [1.807, 2.05) is 4.90 Å². The molecule has 0 unspecified atom stereocenters. The standard InChI is InChI=1S/C19H31N3O3/c1-16-20-18(15-25-16)19(23)22(17-7-13-24-14-8-17)12-6-11-21-9-4-2-3-5-10-21/h15,17H,2-14H2,1H3. The van der Waals surface area contributed by atoms with Gasteiger partial charge in [-0.15, -0.1) is 0 Å². The van der Waals surface area contributed by atoms with Crippen molar-refractivity contribution in [1.82, 2.24) is 14.8 Å². The first-order chi connectivity index (χ1) is 12.2. The van der Waals surface area contributed by atoms with Gasteiger partial charge in [-0.3, -0.25) is 4.79 Å². The lowest BCUT2D eigenvalue weighted by Gasteiger charge is -2.34. The molecule has 0 saturated carbocycles. The number of nitrogens with zero attached hydrogens (tertiary/aromatic N) is 3. The van der Waals surface area contributed by atoms with E-state index in [9.17, 15) is 4.79 Å². The van der Waals surface area contributed by atoms with Crippen LogP contribution in [0, 0.1) is 6.92 Å². The molecular formula is C19H31N3O3. The summed E-state index contributed by atoms with van der Waals surface area (Å²) in [6.45, 7) is 7.50. The fourth-order valence-corrected chi connectivity index (χ4v) is 3.88. The van der Waals surface area contributed by atoms with Crippen molar-refractivity contribution in [3.63, 3.8) is 0 Å². The van der Waals surface area contributed by atoms with E-state index in [2.05, 4.69) is 9.88 Å². The van der Waals surface area contributed by atoms with Crippen LogP contribution in [0.25, 0.3) is 0 Å². The van der Waals surface area contributed by atoms with Gasteiger partial charge in [-0.1, -0.05) is 12.8 Å². The van der Waals surface area contributed by atoms with Crippen LogP contribution in [0.1, 0.15) is 61.3 Å². The molecule has 0 spiro atoms. The summed E-state index contributed by atoms with van der Waals surface area (Å²) in [5.41, 5.74) is 0.429. The lowest BCUT2D eigenvalue weighted by atomic mass is 10.1. The third-order valence-electron chi connectivity index (χ3n) is 5.30. The third-order valence-corrected chi connectivity index (χ3v) is 5.30. The molecule has 0 radical (unpaired) electrons. The maximum atomic E-state index is 12.9. The maximum Gasteiger partial charge on any atom is 0.276 e. The first-order valence-electron chi connectivity index (χ1n) is 9.77. The monoisotopic (exact) mass is 349 g/mol. The molecule has 140 valence electrons. The number of rotatable bonds is 6. The Bertz CT molecular complexity index is 532. The van der Waals surface area contributed by atoms with Crippen molar-refractivity contribution >= 4 is 5.91 Å². The smallest absolute Gasteiger partial charge is 0.276 e. The number of carbonyl (C=O) groups is 1. The van der Waals surface area contributed by atoms with Crippen LogP contribution in [-0.2, 0) is 4.74 Å². The lowest BCUT2D eigenvalue weighted by Crippen LogP contribution is -2.45. The Balaban J connectivity index is 1.58. The van der Waals surface area contributed by atoms with Crippen LogP contribution in [0.3, 0.4) is 0 Å². The van der Waals surface area contributed by atoms with Crippen molar-refractivity contribution in [1.29, 1.82) is 0 Å². The normalized spacial score (nSPS) is 20.4. The van der Waals surface area contributed by atoms with E-state index in [1.54, 1.807) is 6.92 Å². The van der Waals surface area contributed by atoms with E-state index in [0.29, 0.717) is 11.6 Å². The molecule has 3 heterocycles. The minimum Gasteiger partial charge on any atom is -0.448 e. The largest absolute Gasteiger partial charge is 0.448 e. The van der Waals surface area contributed by atoms with Crippen LogP contribution in [0.15, 0.2) is 10.7 Å². The Morgan fingerprint density at radius 3 is 2.60 bits per heavy atom. The van der Waals surface area contributed by atoms with Gasteiger partial charge < -0.3 is 19.0 Å². The topological polar surface area (TPSA) is 58.8 Å². The molecule has 6 heteroatoms. The maximum absolute atomic E-state index is 12.9. The van der Waals surface area contributed by atoms with Crippen molar-refractivity contribution in [3.05, 3.63) is 17.8 Å². The van der Waals surface area contributed by atoms with Crippen LogP contribution in [0.4, 0.5) is 0 Å². The Kier molecular flexibility index (Phi) is 6.87. The SMILES string of the molecule is Cc1nc(C(=O)N(CCCN2CCCCCC2)C2CCOCC2)co1. The zero-order chi connectivity index (χ0) is 17.5. The number of amides is 1. The molecule has 1 aromatic rings. The second-order valence-corrected chi connectivity index (χ2v) is 7.20. The van der Waals surface area contributed by atoms with Crippen molar-refractivity contribution in [2.24, 2.45) is 0 Å². The van der Waals surface area contributed by atoms with Crippen LogP contribution < -0.4 is 0 Å². The Hall–Kier alpha value is -1.40. The minimum atomic E-state index is -0.000355. The van der Waals surface area contributed by atoms with E-state index in [1.165, 1.54) is 45.0 Å². The molecule has 1 amide bonds. The molecule has 0 aliphatic carbocycles. The summed E-state index contributed by atoms with van der Waals surface area (Å²) >= 11 is 0.